The summed E-state index contributed by atoms with van der Waals surface area (Å²) < 4.78 is 1.71. The van der Waals surface area contributed by atoms with Gasteiger partial charge >= 0.3 is 0 Å². The predicted octanol–water partition coefficient (Wildman–Crippen LogP) is 2.64. The van der Waals surface area contributed by atoms with Crippen LogP contribution >= 0.6 is 0 Å². The van der Waals surface area contributed by atoms with Crippen LogP contribution in [0.1, 0.15) is 50.8 Å². The quantitative estimate of drug-likeness (QED) is 0.836. The number of anilines is 2. The highest BCUT2D eigenvalue weighted by Crippen LogP contribution is 2.23. The van der Waals surface area contributed by atoms with Crippen LogP contribution in [0.3, 0.4) is 0 Å². The Balaban J connectivity index is 1.37. The molecule has 2 aliphatic rings. The van der Waals surface area contributed by atoms with Crippen molar-refractivity contribution in [3.05, 3.63) is 30.2 Å². The normalized spacial score (nSPS) is 19.2. The van der Waals surface area contributed by atoms with Crippen LogP contribution in [0.25, 0.3) is 0 Å². The zero-order chi connectivity index (χ0) is 20.2. The molecule has 2 aromatic rings. The van der Waals surface area contributed by atoms with Gasteiger partial charge in [-0.05, 0) is 32.8 Å². The van der Waals surface area contributed by atoms with Crippen LogP contribution in [0, 0.1) is 6.92 Å². The van der Waals surface area contributed by atoms with Gasteiger partial charge in [0.1, 0.15) is 11.9 Å². The van der Waals surface area contributed by atoms with Crippen LogP contribution in [0.2, 0.25) is 0 Å². The maximum Gasteiger partial charge on any atom is 0.247 e. The van der Waals surface area contributed by atoms with Gasteiger partial charge in [-0.25, -0.2) is 4.98 Å². The Morgan fingerprint density at radius 2 is 1.90 bits per heavy atom. The molecule has 0 spiro atoms. The van der Waals surface area contributed by atoms with E-state index in [1.165, 1.54) is 32.1 Å². The van der Waals surface area contributed by atoms with Crippen LogP contribution in [0.4, 0.5) is 11.8 Å². The molecule has 1 unspecified atom stereocenters. The van der Waals surface area contributed by atoms with E-state index in [9.17, 15) is 4.79 Å². The van der Waals surface area contributed by atoms with Gasteiger partial charge in [-0.2, -0.15) is 10.1 Å². The number of amides is 1. The molecule has 0 bridgehead atoms. The Labute approximate surface area is 172 Å². The van der Waals surface area contributed by atoms with Gasteiger partial charge in [0, 0.05) is 56.4 Å². The number of hydrogen-bond acceptors (Lipinski definition) is 6. The molecule has 0 radical (unpaired) electrons. The molecule has 4 rings (SSSR count). The molecule has 2 fully saturated rings. The fourth-order valence-corrected chi connectivity index (χ4v) is 4.25. The molecule has 8 nitrogen and oxygen atoms in total. The SMILES string of the molecule is Cc1cc(N2CCN(C(=O)C(C)n3cccn3)CC2)nc(NC2CCCCC2)n1. The number of aromatic nitrogens is 4. The first-order chi connectivity index (χ1) is 14.1. The maximum absolute atomic E-state index is 12.8. The summed E-state index contributed by atoms with van der Waals surface area (Å²) in [5.74, 6) is 1.80. The first-order valence-corrected chi connectivity index (χ1v) is 10.8. The highest BCUT2D eigenvalue weighted by atomic mass is 16.2. The van der Waals surface area contributed by atoms with Crippen molar-refractivity contribution in [2.24, 2.45) is 0 Å². The third kappa shape index (κ3) is 4.68. The van der Waals surface area contributed by atoms with E-state index < -0.39 is 0 Å². The summed E-state index contributed by atoms with van der Waals surface area (Å²) >= 11 is 0. The van der Waals surface area contributed by atoms with Gasteiger partial charge < -0.3 is 15.1 Å². The van der Waals surface area contributed by atoms with E-state index in [-0.39, 0.29) is 11.9 Å². The van der Waals surface area contributed by atoms with Gasteiger partial charge in [-0.3, -0.25) is 9.48 Å². The van der Waals surface area contributed by atoms with Crippen molar-refractivity contribution >= 4 is 17.7 Å². The summed E-state index contributed by atoms with van der Waals surface area (Å²) in [5, 5.41) is 7.73. The van der Waals surface area contributed by atoms with Gasteiger partial charge in [0.05, 0.1) is 0 Å². The minimum Gasteiger partial charge on any atom is -0.353 e. The predicted molar refractivity (Wildman–Crippen MR) is 113 cm³/mol. The van der Waals surface area contributed by atoms with E-state index in [2.05, 4.69) is 20.3 Å². The highest BCUT2D eigenvalue weighted by molar-refractivity contribution is 5.80. The van der Waals surface area contributed by atoms with Crippen LogP contribution < -0.4 is 10.2 Å². The third-order valence-corrected chi connectivity index (χ3v) is 5.97. The van der Waals surface area contributed by atoms with Gasteiger partial charge in [0.2, 0.25) is 11.9 Å². The first-order valence-electron chi connectivity index (χ1n) is 10.8. The summed E-state index contributed by atoms with van der Waals surface area (Å²) in [4.78, 5) is 26.3. The van der Waals surface area contributed by atoms with E-state index in [0.29, 0.717) is 19.1 Å². The van der Waals surface area contributed by atoms with Gasteiger partial charge in [0.15, 0.2) is 0 Å². The lowest BCUT2D eigenvalue weighted by Gasteiger charge is -2.36. The molecule has 1 atom stereocenters. The Morgan fingerprint density at radius 1 is 1.14 bits per heavy atom. The number of nitrogens with zero attached hydrogens (tertiary/aromatic N) is 6. The molecule has 29 heavy (non-hydrogen) atoms. The van der Waals surface area contributed by atoms with Gasteiger partial charge in [-0.1, -0.05) is 19.3 Å². The molecule has 2 aromatic heterocycles. The van der Waals surface area contributed by atoms with Crippen molar-refractivity contribution in [1.82, 2.24) is 24.6 Å². The van der Waals surface area contributed by atoms with Crippen molar-refractivity contribution in [3.63, 3.8) is 0 Å². The fourth-order valence-electron chi connectivity index (χ4n) is 4.25. The van der Waals surface area contributed by atoms with Crippen molar-refractivity contribution in [2.75, 3.05) is 36.4 Å². The van der Waals surface area contributed by atoms with E-state index in [0.717, 1.165) is 30.5 Å². The average Bonchev–Trinajstić information content (AvgIpc) is 3.28. The summed E-state index contributed by atoms with van der Waals surface area (Å²) in [5.41, 5.74) is 0.971. The number of carbonyl (C=O) groups is 1. The minimum atomic E-state index is -0.274. The second-order valence-corrected chi connectivity index (χ2v) is 8.14. The Kier molecular flexibility index (Phi) is 5.97. The minimum absolute atomic E-state index is 0.117. The van der Waals surface area contributed by atoms with Crippen molar-refractivity contribution in [3.8, 4) is 0 Å². The Bertz CT molecular complexity index is 808. The molecule has 0 aromatic carbocycles. The van der Waals surface area contributed by atoms with E-state index in [1.54, 1.807) is 10.9 Å². The second-order valence-electron chi connectivity index (χ2n) is 8.14. The molecule has 1 amide bonds. The lowest BCUT2D eigenvalue weighted by molar-refractivity contribution is -0.134. The van der Waals surface area contributed by atoms with Crippen molar-refractivity contribution in [1.29, 1.82) is 0 Å². The van der Waals surface area contributed by atoms with Crippen molar-refractivity contribution in [2.45, 2.75) is 58.0 Å². The van der Waals surface area contributed by atoms with Crippen LogP contribution in [0.5, 0.6) is 0 Å². The van der Waals surface area contributed by atoms with E-state index in [4.69, 9.17) is 4.98 Å². The zero-order valence-corrected chi connectivity index (χ0v) is 17.4. The number of piperazine rings is 1. The van der Waals surface area contributed by atoms with Gasteiger partial charge in [0.25, 0.3) is 0 Å². The number of hydrogen-bond donors (Lipinski definition) is 1. The lowest BCUT2D eigenvalue weighted by Crippen LogP contribution is -2.50. The monoisotopic (exact) mass is 397 g/mol. The van der Waals surface area contributed by atoms with Crippen LogP contribution in [0.15, 0.2) is 24.5 Å². The van der Waals surface area contributed by atoms with Gasteiger partial charge in [-0.15, -0.1) is 0 Å². The van der Waals surface area contributed by atoms with E-state index >= 15 is 0 Å². The van der Waals surface area contributed by atoms with Crippen LogP contribution in [-0.4, -0.2) is 62.8 Å². The molecule has 1 saturated carbocycles. The number of rotatable bonds is 5. The highest BCUT2D eigenvalue weighted by Gasteiger charge is 2.27. The topological polar surface area (TPSA) is 79.2 Å². The molecule has 1 saturated heterocycles. The first kappa shape index (κ1) is 19.7. The largest absolute Gasteiger partial charge is 0.353 e. The maximum atomic E-state index is 12.8. The number of carbonyl (C=O) groups excluding carboxylic acids is 1. The number of aryl methyl sites for hydroxylation is 1. The Hall–Kier alpha value is -2.64. The molecule has 156 valence electrons. The third-order valence-electron chi connectivity index (χ3n) is 5.97. The molecule has 1 aliphatic carbocycles. The van der Waals surface area contributed by atoms with E-state index in [1.807, 2.05) is 37.1 Å². The molecular weight excluding hydrogens is 366 g/mol. The summed E-state index contributed by atoms with van der Waals surface area (Å²) in [6.07, 6.45) is 9.83. The molecular formula is C21H31N7O. The number of nitrogens with one attached hydrogen (secondary N) is 1. The average molecular weight is 398 g/mol. The summed E-state index contributed by atoms with van der Waals surface area (Å²) in [6, 6.07) is 4.09. The molecule has 1 N–H and O–H groups in total. The summed E-state index contributed by atoms with van der Waals surface area (Å²) in [6.45, 7) is 6.85. The molecule has 3 heterocycles. The summed E-state index contributed by atoms with van der Waals surface area (Å²) in [7, 11) is 0. The van der Waals surface area contributed by atoms with Crippen molar-refractivity contribution < 1.29 is 4.79 Å². The Morgan fingerprint density at radius 3 is 2.59 bits per heavy atom. The standard InChI is InChI=1S/C21H31N7O/c1-16-15-19(25-21(23-16)24-18-7-4-3-5-8-18)26-11-13-27(14-12-26)20(29)17(2)28-10-6-9-22-28/h6,9-10,15,17-18H,3-5,7-8,11-14H2,1-2H3,(H,23,24,25). The lowest BCUT2D eigenvalue weighted by atomic mass is 9.96. The van der Waals surface area contributed by atoms with Crippen LogP contribution in [-0.2, 0) is 4.79 Å². The zero-order valence-electron chi connectivity index (χ0n) is 17.4. The second kappa shape index (κ2) is 8.80. The fraction of sp³-hybridized carbons (Fsp3) is 0.619. The molecule has 8 heteroatoms. The smallest absolute Gasteiger partial charge is 0.247 e. The molecule has 1 aliphatic heterocycles.